The molecule has 0 radical (unpaired) electrons. The lowest BCUT2D eigenvalue weighted by Crippen LogP contribution is -2.23. The average Bonchev–Trinajstić information content (AvgIpc) is 2.46. The minimum absolute atomic E-state index is 0.0444. The zero-order valence-electron chi connectivity index (χ0n) is 11.3. The number of benzene rings is 2. The number of nitrogens with two attached hydrogens (primary N) is 1. The summed E-state index contributed by atoms with van der Waals surface area (Å²) in [6.45, 7) is 0.0640. The van der Waals surface area contributed by atoms with Gasteiger partial charge in [0.25, 0.3) is 0 Å². The molecule has 0 spiro atoms. The molecular formula is C14H15FN2O3S. The first kappa shape index (κ1) is 15.3. The SMILES string of the molecule is COc1ccc(S(=O)(=O)NCc2ccc(F)cc2)cc1N. The zero-order chi connectivity index (χ0) is 15.5. The van der Waals surface area contributed by atoms with Crippen molar-refractivity contribution in [3.63, 3.8) is 0 Å². The predicted molar refractivity (Wildman–Crippen MR) is 77.8 cm³/mol. The quantitative estimate of drug-likeness (QED) is 0.826. The van der Waals surface area contributed by atoms with Crippen LogP contribution in [-0.2, 0) is 16.6 Å². The van der Waals surface area contributed by atoms with Crippen LogP contribution < -0.4 is 15.2 Å². The molecule has 2 rings (SSSR count). The van der Waals surface area contributed by atoms with Crippen molar-refractivity contribution in [3.05, 3.63) is 53.8 Å². The number of ether oxygens (including phenoxy) is 1. The topological polar surface area (TPSA) is 81.4 Å². The van der Waals surface area contributed by atoms with Gasteiger partial charge >= 0.3 is 0 Å². The molecule has 0 aliphatic carbocycles. The number of anilines is 1. The normalized spacial score (nSPS) is 11.3. The van der Waals surface area contributed by atoms with Gasteiger partial charge in [-0.2, -0.15) is 0 Å². The second-order valence-corrected chi connectivity index (χ2v) is 6.12. The number of halogens is 1. The van der Waals surface area contributed by atoms with Gasteiger partial charge < -0.3 is 10.5 Å². The molecule has 0 saturated heterocycles. The maximum Gasteiger partial charge on any atom is 0.240 e. The number of nitrogens with one attached hydrogen (secondary N) is 1. The van der Waals surface area contributed by atoms with Gasteiger partial charge in [-0.1, -0.05) is 12.1 Å². The minimum atomic E-state index is -3.70. The minimum Gasteiger partial charge on any atom is -0.495 e. The van der Waals surface area contributed by atoms with Crippen LogP contribution in [0.3, 0.4) is 0 Å². The molecule has 0 aliphatic heterocycles. The number of hydrogen-bond donors (Lipinski definition) is 2. The molecule has 0 atom stereocenters. The van der Waals surface area contributed by atoms with E-state index in [1.54, 1.807) is 0 Å². The molecule has 7 heteroatoms. The number of sulfonamides is 1. The van der Waals surface area contributed by atoms with E-state index in [0.29, 0.717) is 11.3 Å². The van der Waals surface area contributed by atoms with E-state index in [9.17, 15) is 12.8 Å². The summed E-state index contributed by atoms with van der Waals surface area (Å²) in [5.41, 5.74) is 6.59. The summed E-state index contributed by atoms with van der Waals surface area (Å²) >= 11 is 0. The van der Waals surface area contributed by atoms with Crippen LogP contribution in [0.4, 0.5) is 10.1 Å². The van der Waals surface area contributed by atoms with Crippen molar-refractivity contribution in [1.29, 1.82) is 0 Å². The summed E-state index contributed by atoms with van der Waals surface area (Å²) in [5.74, 6) is 0.0389. The van der Waals surface area contributed by atoms with E-state index in [1.165, 1.54) is 49.6 Å². The van der Waals surface area contributed by atoms with Crippen molar-refractivity contribution in [1.82, 2.24) is 4.72 Å². The second-order valence-electron chi connectivity index (χ2n) is 4.35. The van der Waals surface area contributed by atoms with E-state index in [-0.39, 0.29) is 22.9 Å². The third-order valence-corrected chi connectivity index (χ3v) is 4.29. The lowest BCUT2D eigenvalue weighted by Gasteiger charge is -2.09. The van der Waals surface area contributed by atoms with Gasteiger partial charge in [-0.05, 0) is 35.9 Å². The highest BCUT2D eigenvalue weighted by Gasteiger charge is 2.15. The molecule has 0 fully saturated rings. The molecule has 0 saturated carbocycles. The summed E-state index contributed by atoms with van der Waals surface area (Å²) in [6, 6.07) is 9.79. The van der Waals surface area contributed by atoms with E-state index < -0.39 is 10.0 Å². The number of methoxy groups -OCH3 is 1. The molecule has 0 amide bonds. The number of hydrogen-bond acceptors (Lipinski definition) is 4. The number of rotatable bonds is 5. The van der Waals surface area contributed by atoms with Gasteiger partial charge in [-0.3, -0.25) is 0 Å². The van der Waals surface area contributed by atoms with Crippen LogP contribution in [0.5, 0.6) is 5.75 Å². The Morgan fingerprint density at radius 1 is 1.19 bits per heavy atom. The highest BCUT2D eigenvalue weighted by Crippen LogP contribution is 2.24. The zero-order valence-corrected chi connectivity index (χ0v) is 12.2. The van der Waals surface area contributed by atoms with Crippen molar-refractivity contribution in [3.8, 4) is 5.75 Å². The molecule has 0 unspecified atom stereocenters. The van der Waals surface area contributed by atoms with Gasteiger partial charge in [0, 0.05) is 6.54 Å². The number of nitrogen functional groups attached to an aromatic ring is 1. The Labute approximate surface area is 122 Å². The van der Waals surface area contributed by atoms with Gasteiger partial charge in [-0.15, -0.1) is 0 Å². The van der Waals surface area contributed by atoms with E-state index in [1.807, 2.05) is 0 Å². The molecule has 3 N–H and O–H groups in total. The summed E-state index contributed by atoms with van der Waals surface area (Å²) in [5, 5.41) is 0. The fourth-order valence-corrected chi connectivity index (χ4v) is 2.80. The van der Waals surface area contributed by atoms with Crippen LogP contribution >= 0.6 is 0 Å². The fraction of sp³-hybridized carbons (Fsp3) is 0.143. The van der Waals surface area contributed by atoms with Crippen LogP contribution in [0.25, 0.3) is 0 Å². The molecule has 0 heterocycles. The highest BCUT2D eigenvalue weighted by molar-refractivity contribution is 7.89. The Balaban J connectivity index is 2.14. The van der Waals surface area contributed by atoms with Gasteiger partial charge in [0.2, 0.25) is 10.0 Å². The Morgan fingerprint density at radius 2 is 1.86 bits per heavy atom. The third-order valence-electron chi connectivity index (χ3n) is 2.89. The summed E-state index contributed by atoms with van der Waals surface area (Å²) in [4.78, 5) is 0.0444. The highest BCUT2D eigenvalue weighted by atomic mass is 32.2. The smallest absolute Gasteiger partial charge is 0.240 e. The Morgan fingerprint density at radius 3 is 2.43 bits per heavy atom. The van der Waals surface area contributed by atoms with Crippen LogP contribution in [-0.4, -0.2) is 15.5 Å². The molecule has 21 heavy (non-hydrogen) atoms. The molecule has 0 bridgehead atoms. The first-order valence-electron chi connectivity index (χ1n) is 6.10. The summed E-state index contributed by atoms with van der Waals surface area (Å²) in [7, 11) is -2.24. The Bertz CT molecular complexity index is 730. The molecule has 2 aromatic rings. The summed E-state index contributed by atoms with van der Waals surface area (Å²) in [6.07, 6.45) is 0. The summed E-state index contributed by atoms with van der Waals surface area (Å²) < 4.78 is 44.5. The molecule has 0 aromatic heterocycles. The Kier molecular flexibility index (Phi) is 4.44. The average molecular weight is 310 g/mol. The largest absolute Gasteiger partial charge is 0.495 e. The van der Waals surface area contributed by atoms with Crippen molar-refractivity contribution in [2.24, 2.45) is 0 Å². The van der Waals surface area contributed by atoms with Gasteiger partial charge in [0.15, 0.2) is 0 Å². The monoisotopic (exact) mass is 310 g/mol. The van der Waals surface area contributed by atoms with E-state index in [2.05, 4.69) is 4.72 Å². The molecular weight excluding hydrogens is 295 g/mol. The van der Waals surface area contributed by atoms with Crippen LogP contribution in [0.2, 0.25) is 0 Å². The molecule has 0 aliphatic rings. The van der Waals surface area contributed by atoms with Gasteiger partial charge in [-0.25, -0.2) is 17.5 Å². The molecule has 5 nitrogen and oxygen atoms in total. The Hall–Kier alpha value is -2.12. The van der Waals surface area contributed by atoms with Crippen molar-refractivity contribution >= 4 is 15.7 Å². The predicted octanol–water partition coefficient (Wildman–Crippen LogP) is 1.89. The van der Waals surface area contributed by atoms with E-state index in [0.717, 1.165) is 0 Å². The van der Waals surface area contributed by atoms with Crippen LogP contribution in [0.1, 0.15) is 5.56 Å². The van der Waals surface area contributed by atoms with Crippen LogP contribution in [0, 0.1) is 5.82 Å². The van der Waals surface area contributed by atoms with Crippen LogP contribution in [0.15, 0.2) is 47.4 Å². The van der Waals surface area contributed by atoms with E-state index >= 15 is 0 Å². The van der Waals surface area contributed by atoms with Gasteiger partial charge in [0.1, 0.15) is 11.6 Å². The molecule has 112 valence electrons. The molecule has 2 aromatic carbocycles. The lowest BCUT2D eigenvalue weighted by molar-refractivity contribution is 0.416. The van der Waals surface area contributed by atoms with Gasteiger partial charge in [0.05, 0.1) is 17.7 Å². The van der Waals surface area contributed by atoms with E-state index in [4.69, 9.17) is 10.5 Å². The first-order chi connectivity index (χ1) is 9.92. The first-order valence-corrected chi connectivity index (χ1v) is 7.58. The lowest BCUT2D eigenvalue weighted by atomic mass is 10.2. The van der Waals surface area contributed by atoms with Crippen molar-refractivity contribution < 1.29 is 17.5 Å². The maximum atomic E-state index is 12.8. The standard InChI is InChI=1S/C14H15FN2O3S/c1-20-14-7-6-12(8-13(14)16)21(18,19)17-9-10-2-4-11(15)5-3-10/h2-8,17H,9,16H2,1H3. The van der Waals surface area contributed by atoms with Crippen molar-refractivity contribution in [2.75, 3.05) is 12.8 Å². The van der Waals surface area contributed by atoms with Crippen molar-refractivity contribution in [2.45, 2.75) is 11.4 Å². The third kappa shape index (κ3) is 3.71. The second kappa shape index (κ2) is 6.11. The fourth-order valence-electron chi connectivity index (χ4n) is 1.74. The maximum absolute atomic E-state index is 12.8.